The van der Waals surface area contributed by atoms with Gasteiger partial charge in [0.25, 0.3) is 0 Å². The third kappa shape index (κ3) is 4.02. The van der Waals surface area contributed by atoms with Gasteiger partial charge in [0.15, 0.2) is 0 Å². The summed E-state index contributed by atoms with van der Waals surface area (Å²) < 4.78 is 5.57. The molecule has 1 heterocycles. The van der Waals surface area contributed by atoms with Gasteiger partial charge in [-0.2, -0.15) is 11.8 Å². The summed E-state index contributed by atoms with van der Waals surface area (Å²) in [7, 11) is 1.97. The Labute approximate surface area is 102 Å². The van der Waals surface area contributed by atoms with E-state index in [0.29, 0.717) is 6.04 Å². The zero-order chi connectivity index (χ0) is 11.8. The maximum Gasteiger partial charge on any atom is 0.137 e. The molecule has 0 saturated heterocycles. The lowest BCUT2D eigenvalue weighted by molar-refractivity contribution is 0.315. The van der Waals surface area contributed by atoms with Crippen LogP contribution in [0.5, 0.6) is 5.75 Å². The lowest BCUT2D eigenvalue weighted by Gasteiger charge is -2.15. The summed E-state index contributed by atoms with van der Waals surface area (Å²) in [5.74, 6) is 1.90. The van der Waals surface area contributed by atoms with E-state index in [9.17, 15) is 0 Å². The first-order valence-corrected chi connectivity index (χ1v) is 6.95. The van der Waals surface area contributed by atoms with Crippen molar-refractivity contribution in [2.24, 2.45) is 0 Å². The standard InChI is InChI=1S/C12H20N2OS/c1-4-5-15-11-6-10(7-14-8-11)12(13-2)9-16-3/h6-8,12-13H,4-5,9H2,1-3H3. The molecule has 4 heteroatoms. The van der Waals surface area contributed by atoms with E-state index in [1.54, 1.807) is 6.20 Å². The molecule has 0 saturated carbocycles. The summed E-state index contributed by atoms with van der Waals surface area (Å²) in [6.45, 7) is 2.85. The van der Waals surface area contributed by atoms with Gasteiger partial charge < -0.3 is 10.1 Å². The van der Waals surface area contributed by atoms with Crippen LogP contribution in [0.3, 0.4) is 0 Å². The Hall–Kier alpha value is -0.740. The number of aromatic nitrogens is 1. The minimum Gasteiger partial charge on any atom is -0.492 e. The molecular formula is C12H20N2OS. The molecule has 3 nitrogen and oxygen atoms in total. The Kier molecular flexibility index (Phi) is 6.26. The van der Waals surface area contributed by atoms with Crippen LogP contribution in [0.2, 0.25) is 0 Å². The van der Waals surface area contributed by atoms with Crippen LogP contribution in [0.15, 0.2) is 18.5 Å². The average molecular weight is 240 g/mol. The van der Waals surface area contributed by atoms with Crippen LogP contribution in [-0.4, -0.2) is 30.6 Å². The van der Waals surface area contributed by atoms with Gasteiger partial charge in [-0.15, -0.1) is 0 Å². The number of ether oxygens (including phenoxy) is 1. The first-order chi connectivity index (χ1) is 7.81. The van der Waals surface area contributed by atoms with Crippen LogP contribution in [0, 0.1) is 0 Å². The molecule has 0 aromatic carbocycles. The van der Waals surface area contributed by atoms with Crippen molar-refractivity contribution in [3.05, 3.63) is 24.0 Å². The summed E-state index contributed by atoms with van der Waals surface area (Å²) in [5.41, 5.74) is 1.19. The molecule has 1 atom stereocenters. The van der Waals surface area contributed by atoms with Gasteiger partial charge in [-0.05, 0) is 31.4 Å². The molecule has 0 radical (unpaired) electrons. The SMILES string of the molecule is CCCOc1cncc(C(CSC)NC)c1. The molecule has 1 N–H and O–H groups in total. The molecule has 16 heavy (non-hydrogen) atoms. The van der Waals surface area contributed by atoms with Crippen molar-refractivity contribution in [2.45, 2.75) is 19.4 Å². The third-order valence-corrected chi connectivity index (χ3v) is 2.96. The van der Waals surface area contributed by atoms with Gasteiger partial charge in [0, 0.05) is 18.0 Å². The number of nitrogens with one attached hydrogen (secondary N) is 1. The van der Waals surface area contributed by atoms with Crippen LogP contribution in [0.1, 0.15) is 24.9 Å². The zero-order valence-electron chi connectivity index (χ0n) is 10.2. The highest BCUT2D eigenvalue weighted by Gasteiger charge is 2.09. The molecule has 1 aromatic heterocycles. The average Bonchev–Trinajstić information content (AvgIpc) is 2.33. The molecule has 1 rings (SSSR count). The molecule has 0 bridgehead atoms. The number of hydrogen-bond donors (Lipinski definition) is 1. The fraction of sp³-hybridized carbons (Fsp3) is 0.583. The van der Waals surface area contributed by atoms with Crippen molar-refractivity contribution in [1.29, 1.82) is 0 Å². The van der Waals surface area contributed by atoms with Crippen molar-refractivity contribution in [3.8, 4) is 5.75 Å². The highest BCUT2D eigenvalue weighted by Crippen LogP contribution is 2.20. The van der Waals surface area contributed by atoms with E-state index in [4.69, 9.17) is 4.74 Å². The van der Waals surface area contributed by atoms with Crippen LogP contribution < -0.4 is 10.1 Å². The minimum atomic E-state index is 0.340. The van der Waals surface area contributed by atoms with Gasteiger partial charge in [-0.3, -0.25) is 4.98 Å². The summed E-state index contributed by atoms with van der Waals surface area (Å²) >= 11 is 1.82. The lowest BCUT2D eigenvalue weighted by Crippen LogP contribution is -2.18. The number of pyridine rings is 1. The molecule has 1 unspecified atom stereocenters. The first-order valence-electron chi connectivity index (χ1n) is 5.55. The summed E-state index contributed by atoms with van der Waals surface area (Å²) in [4.78, 5) is 4.21. The fourth-order valence-electron chi connectivity index (χ4n) is 1.44. The maximum atomic E-state index is 5.57. The van der Waals surface area contributed by atoms with Gasteiger partial charge in [-0.1, -0.05) is 6.92 Å². The monoisotopic (exact) mass is 240 g/mol. The lowest BCUT2D eigenvalue weighted by atomic mass is 10.1. The van der Waals surface area contributed by atoms with E-state index < -0.39 is 0 Å². The Balaban J connectivity index is 2.71. The summed E-state index contributed by atoms with van der Waals surface area (Å²) in [6, 6.07) is 2.41. The first kappa shape index (κ1) is 13.3. The van der Waals surface area contributed by atoms with Crippen LogP contribution in [-0.2, 0) is 0 Å². The Bertz CT molecular complexity index is 307. The number of rotatable bonds is 7. The smallest absolute Gasteiger partial charge is 0.137 e. The highest BCUT2D eigenvalue weighted by molar-refractivity contribution is 7.98. The molecule has 0 amide bonds. The molecule has 1 aromatic rings. The second kappa shape index (κ2) is 7.52. The molecule has 0 fully saturated rings. The fourth-order valence-corrected chi connectivity index (χ4v) is 2.13. The normalized spacial score (nSPS) is 12.4. The predicted octanol–water partition coefficient (Wildman–Crippen LogP) is 2.49. The number of thioether (sulfide) groups is 1. The summed E-state index contributed by atoms with van der Waals surface area (Å²) in [5, 5.41) is 3.29. The largest absolute Gasteiger partial charge is 0.492 e. The second-order valence-electron chi connectivity index (χ2n) is 3.60. The number of hydrogen-bond acceptors (Lipinski definition) is 4. The second-order valence-corrected chi connectivity index (χ2v) is 4.51. The quantitative estimate of drug-likeness (QED) is 0.794. The van der Waals surface area contributed by atoms with E-state index in [0.717, 1.165) is 24.5 Å². The molecule has 90 valence electrons. The van der Waals surface area contributed by atoms with Crippen molar-refractivity contribution in [1.82, 2.24) is 10.3 Å². The zero-order valence-corrected chi connectivity index (χ0v) is 11.0. The Morgan fingerprint density at radius 1 is 1.50 bits per heavy atom. The van der Waals surface area contributed by atoms with Crippen LogP contribution >= 0.6 is 11.8 Å². The van der Waals surface area contributed by atoms with Crippen molar-refractivity contribution < 1.29 is 4.74 Å². The maximum absolute atomic E-state index is 5.57. The minimum absolute atomic E-state index is 0.340. The third-order valence-electron chi connectivity index (χ3n) is 2.29. The number of nitrogens with zero attached hydrogens (tertiary/aromatic N) is 1. The van der Waals surface area contributed by atoms with Crippen molar-refractivity contribution >= 4 is 11.8 Å². The molecular weight excluding hydrogens is 220 g/mol. The predicted molar refractivity (Wildman–Crippen MR) is 70.2 cm³/mol. The molecule has 0 spiro atoms. The van der Waals surface area contributed by atoms with Crippen molar-refractivity contribution in [2.75, 3.05) is 25.7 Å². The molecule has 0 aliphatic carbocycles. The van der Waals surface area contributed by atoms with E-state index in [1.165, 1.54) is 5.56 Å². The topological polar surface area (TPSA) is 34.1 Å². The Morgan fingerprint density at radius 3 is 2.94 bits per heavy atom. The van der Waals surface area contributed by atoms with E-state index in [2.05, 4.69) is 29.5 Å². The molecule has 0 aliphatic heterocycles. The van der Waals surface area contributed by atoms with Crippen LogP contribution in [0.4, 0.5) is 0 Å². The van der Waals surface area contributed by atoms with Gasteiger partial charge >= 0.3 is 0 Å². The van der Waals surface area contributed by atoms with Crippen molar-refractivity contribution in [3.63, 3.8) is 0 Å². The highest BCUT2D eigenvalue weighted by atomic mass is 32.2. The van der Waals surface area contributed by atoms with Crippen LogP contribution in [0.25, 0.3) is 0 Å². The van der Waals surface area contributed by atoms with Gasteiger partial charge in [0.1, 0.15) is 5.75 Å². The van der Waals surface area contributed by atoms with E-state index >= 15 is 0 Å². The molecule has 0 aliphatic rings. The van der Waals surface area contributed by atoms with Gasteiger partial charge in [-0.25, -0.2) is 0 Å². The van der Waals surface area contributed by atoms with Gasteiger partial charge in [0.05, 0.1) is 12.8 Å². The van der Waals surface area contributed by atoms with Gasteiger partial charge in [0.2, 0.25) is 0 Å². The summed E-state index contributed by atoms with van der Waals surface area (Å²) in [6.07, 6.45) is 6.79. The van der Waals surface area contributed by atoms with E-state index in [-0.39, 0.29) is 0 Å². The van der Waals surface area contributed by atoms with E-state index in [1.807, 2.05) is 25.0 Å². The Morgan fingerprint density at radius 2 is 2.31 bits per heavy atom.